The molecule has 0 saturated carbocycles. The van der Waals surface area contributed by atoms with E-state index in [1.165, 1.54) is 12.1 Å². The average molecular weight is 1110 g/mol. The number of hydrogen-bond acceptors (Lipinski definition) is 4. The Bertz CT molecular complexity index is 1200. The fraction of sp³-hybridized carbons (Fsp3) is 0. The van der Waals surface area contributed by atoms with E-state index in [1.54, 1.807) is 12.1 Å². The van der Waals surface area contributed by atoms with Crippen LogP contribution < -0.4 is 9.47 Å². The van der Waals surface area contributed by atoms with Gasteiger partial charge in [0.15, 0.2) is 11.5 Å². The van der Waals surface area contributed by atoms with E-state index in [2.05, 4.69) is 159 Å². The van der Waals surface area contributed by atoms with Crippen LogP contribution in [0.1, 0.15) is 20.7 Å². The van der Waals surface area contributed by atoms with Crippen LogP contribution in [-0.4, -0.2) is 11.9 Å². The van der Waals surface area contributed by atoms with E-state index in [4.69, 9.17) is 9.47 Å². The average Bonchev–Trinajstić information content (AvgIpc) is 2.84. The van der Waals surface area contributed by atoms with Crippen LogP contribution in [0.2, 0.25) is 0 Å². The minimum atomic E-state index is -0.744. The number of rotatable bonds is 4. The summed E-state index contributed by atoms with van der Waals surface area (Å²) in [6, 6.07) is 6.23. The van der Waals surface area contributed by atoms with Gasteiger partial charge in [0.1, 0.15) is 0 Å². The Balaban J connectivity index is 2.00. The largest absolute Gasteiger partial charge is 0.420 e. The quantitative estimate of drug-likeness (QED) is 0.113. The van der Waals surface area contributed by atoms with Crippen LogP contribution >= 0.6 is 159 Å². The zero-order chi connectivity index (χ0) is 25.5. The van der Waals surface area contributed by atoms with Gasteiger partial charge in [0, 0.05) is 8.95 Å². The van der Waals surface area contributed by atoms with Crippen molar-refractivity contribution in [3.05, 3.63) is 80.1 Å². The molecule has 3 aromatic carbocycles. The molecule has 0 unspecified atom stereocenters. The van der Waals surface area contributed by atoms with E-state index < -0.39 is 11.9 Å². The van der Waals surface area contributed by atoms with Gasteiger partial charge in [-0.2, -0.15) is 0 Å². The lowest BCUT2D eigenvalue weighted by Gasteiger charge is -2.16. The Hall–Kier alpha value is 1.40. The van der Waals surface area contributed by atoms with Gasteiger partial charge in [-0.05, 0) is 171 Å². The second-order valence-corrected chi connectivity index (χ2v) is 14.1. The molecule has 0 heterocycles. The molecule has 14 heteroatoms. The van der Waals surface area contributed by atoms with Crippen LogP contribution in [0.4, 0.5) is 0 Å². The van der Waals surface area contributed by atoms with Crippen molar-refractivity contribution in [2.45, 2.75) is 0 Å². The fourth-order valence-corrected chi connectivity index (χ4v) is 8.83. The van der Waals surface area contributed by atoms with E-state index in [0.29, 0.717) is 35.8 Å². The monoisotopic (exact) mass is 1100 g/mol. The summed E-state index contributed by atoms with van der Waals surface area (Å²) in [5.41, 5.74) is 0.0629. The highest BCUT2D eigenvalue weighted by atomic mass is 79.9. The van der Waals surface area contributed by atoms with Crippen LogP contribution in [0.15, 0.2) is 69.0 Å². The van der Waals surface area contributed by atoms with Gasteiger partial charge < -0.3 is 9.47 Å². The van der Waals surface area contributed by atoms with Crippen molar-refractivity contribution in [3.63, 3.8) is 0 Å². The van der Waals surface area contributed by atoms with E-state index in [0.717, 1.165) is 8.95 Å². The number of carbonyl (C=O) groups is 2. The fourth-order valence-electron chi connectivity index (χ4n) is 2.48. The molecule has 0 spiro atoms. The van der Waals surface area contributed by atoms with Crippen molar-refractivity contribution in [1.29, 1.82) is 0 Å². The summed E-state index contributed by atoms with van der Waals surface area (Å²) >= 11 is 34.3. The first-order valence-electron chi connectivity index (χ1n) is 8.44. The maximum absolute atomic E-state index is 13.1. The van der Waals surface area contributed by atoms with Gasteiger partial charge >= 0.3 is 11.9 Å². The highest BCUT2D eigenvalue weighted by Gasteiger charge is 2.27. The third-order valence-corrected chi connectivity index (χ3v) is 16.1. The lowest BCUT2D eigenvalue weighted by molar-refractivity contribution is 0.0689. The van der Waals surface area contributed by atoms with E-state index >= 15 is 0 Å². The smallest absolute Gasteiger partial charge is 0.344 e. The summed E-state index contributed by atoms with van der Waals surface area (Å²) in [6.07, 6.45) is 0. The zero-order valence-electron chi connectivity index (χ0n) is 15.7. The molecule has 34 heavy (non-hydrogen) atoms. The molecule has 0 bridgehead atoms. The molecular weight excluding hydrogens is 1100 g/mol. The van der Waals surface area contributed by atoms with Crippen LogP contribution in [0.25, 0.3) is 0 Å². The number of hydrogen-bond donors (Lipinski definition) is 0. The van der Waals surface area contributed by atoms with Gasteiger partial charge in [0.25, 0.3) is 0 Å². The Labute approximate surface area is 278 Å². The Kier molecular flexibility index (Phi) is 11.0. The summed E-state index contributed by atoms with van der Waals surface area (Å²) < 4.78 is 17.3. The highest BCUT2D eigenvalue weighted by Crippen LogP contribution is 2.50. The topological polar surface area (TPSA) is 52.6 Å². The number of ether oxygens (including phenoxy) is 2. The maximum Gasteiger partial charge on any atom is 0.344 e. The number of carbonyl (C=O) groups excluding carboxylic acids is 2. The van der Waals surface area contributed by atoms with Gasteiger partial charge in [-0.25, -0.2) is 9.59 Å². The molecule has 3 rings (SSSR count). The van der Waals surface area contributed by atoms with E-state index in [-0.39, 0.29) is 22.6 Å². The first-order chi connectivity index (χ1) is 15.9. The predicted molar refractivity (Wildman–Crippen MR) is 166 cm³/mol. The van der Waals surface area contributed by atoms with Crippen molar-refractivity contribution in [2.24, 2.45) is 0 Å². The Morgan fingerprint density at radius 2 is 0.676 bits per heavy atom. The van der Waals surface area contributed by atoms with Crippen molar-refractivity contribution >= 4 is 171 Å². The normalized spacial score (nSPS) is 10.9. The van der Waals surface area contributed by atoms with Crippen molar-refractivity contribution < 1.29 is 19.1 Å². The lowest BCUT2D eigenvalue weighted by atomic mass is 10.1. The number of benzene rings is 3. The molecule has 0 saturated heterocycles. The summed E-state index contributed by atoms with van der Waals surface area (Å²) in [6.45, 7) is 0. The highest BCUT2D eigenvalue weighted by molar-refractivity contribution is 9.16. The third kappa shape index (κ3) is 6.01. The summed E-state index contributed by atoms with van der Waals surface area (Å²) in [5.74, 6) is -1.04. The molecule has 0 atom stereocenters. The van der Waals surface area contributed by atoms with Crippen molar-refractivity contribution in [3.8, 4) is 11.5 Å². The minimum absolute atomic E-state index is 0.0314. The van der Waals surface area contributed by atoms with Gasteiger partial charge in [-0.15, -0.1) is 0 Å². The molecule has 0 aliphatic carbocycles. The number of esters is 2. The molecule has 0 radical (unpaired) electrons. The van der Waals surface area contributed by atoms with Crippen molar-refractivity contribution in [2.75, 3.05) is 0 Å². The molecule has 178 valence electrons. The molecule has 3 aromatic rings. The standard InChI is InChI=1S/C20H4Br10O4/c21-7-9(23)13(27)17(14(28)10(7)24)33-19(31)5-3-1-2-4-6(5)20(32)34-18-15(29)11(25)8(22)12(26)16(18)30/h1-4H. The SMILES string of the molecule is O=C(Oc1c(Br)c(Br)c(Br)c(Br)c1Br)c1ccccc1C(=O)Oc1c(Br)c(Br)c(Br)c(Br)c1Br. The molecule has 0 aromatic heterocycles. The van der Waals surface area contributed by atoms with E-state index in [9.17, 15) is 9.59 Å². The molecule has 4 nitrogen and oxygen atoms in total. The van der Waals surface area contributed by atoms with Gasteiger partial charge in [-0.1, -0.05) is 12.1 Å². The van der Waals surface area contributed by atoms with Crippen LogP contribution in [-0.2, 0) is 0 Å². The minimum Gasteiger partial charge on any atom is -0.420 e. The summed E-state index contributed by atoms with van der Waals surface area (Å²) in [4.78, 5) is 26.3. The Morgan fingerprint density at radius 1 is 0.441 bits per heavy atom. The summed E-state index contributed by atoms with van der Waals surface area (Å²) in [5, 5.41) is 0. The first-order valence-corrected chi connectivity index (χ1v) is 16.4. The molecule has 0 amide bonds. The van der Waals surface area contributed by atoms with Gasteiger partial charge in [0.2, 0.25) is 0 Å². The second-order valence-electron chi connectivity index (χ2n) is 6.12. The Morgan fingerprint density at radius 3 is 0.941 bits per heavy atom. The molecule has 0 N–H and O–H groups in total. The molecule has 0 aliphatic rings. The molecular formula is C20H4Br10O4. The number of halogens is 10. The predicted octanol–water partition coefficient (Wildman–Crippen LogP) is 11.7. The van der Waals surface area contributed by atoms with Crippen LogP contribution in [0.5, 0.6) is 11.5 Å². The van der Waals surface area contributed by atoms with Crippen LogP contribution in [0.3, 0.4) is 0 Å². The first kappa shape index (κ1) is 29.9. The lowest BCUT2D eigenvalue weighted by Crippen LogP contribution is -2.18. The van der Waals surface area contributed by atoms with Gasteiger partial charge in [0.05, 0.1) is 46.9 Å². The molecule has 0 fully saturated rings. The second kappa shape index (κ2) is 12.5. The van der Waals surface area contributed by atoms with Crippen LogP contribution in [0, 0.1) is 0 Å². The third-order valence-electron chi connectivity index (χ3n) is 4.10. The van der Waals surface area contributed by atoms with Crippen molar-refractivity contribution in [1.82, 2.24) is 0 Å². The molecule has 0 aliphatic heterocycles. The summed E-state index contributed by atoms with van der Waals surface area (Å²) in [7, 11) is 0. The zero-order valence-corrected chi connectivity index (χ0v) is 31.6. The van der Waals surface area contributed by atoms with Gasteiger partial charge in [-0.3, -0.25) is 0 Å². The van der Waals surface area contributed by atoms with E-state index in [1.807, 2.05) is 0 Å². The maximum atomic E-state index is 13.1.